The Morgan fingerprint density at radius 3 is 1.98 bits per heavy atom. The number of hydrogen-bond donors (Lipinski definition) is 4. The van der Waals surface area contributed by atoms with Gasteiger partial charge in [0.05, 0.1) is 49.6 Å². The second-order valence-electron chi connectivity index (χ2n) is 16.8. The van der Waals surface area contributed by atoms with Gasteiger partial charge in [-0.15, -0.1) is 0 Å². The molecule has 4 aliphatic heterocycles. The number of hydrogen-bond acceptors (Lipinski definition) is 10. The Hall–Kier alpha value is -5.80. The lowest BCUT2D eigenvalue weighted by Crippen LogP contribution is -2.51. The van der Waals surface area contributed by atoms with E-state index >= 15 is 0 Å². The van der Waals surface area contributed by atoms with Crippen molar-refractivity contribution in [3.63, 3.8) is 0 Å². The van der Waals surface area contributed by atoms with Crippen molar-refractivity contribution in [2.45, 2.75) is 103 Å². The Kier molecular flexibility index (Phi) is 12.9. The number of aromatic nitrogens is 4. The van der Waals surface area contributed by atoms with Crippen LogP contribution in [0.2, 0.25) is 0 Å². The fraction of sp³-hybridized carbons (Fsp3) is 0.545. The summed E-state index contributed by atoms with van der Waals surface area (Å²) in [6, 6.07) is 4.33. The summed E-state index contributed by atoms with van der Waals surface area (Å²) in [6.45, 7) is 11.7. The molecule has 6 heterocycles. The van der Waals surface area contributed by atoms with Crippen molar-refractivity contribution < 1.29 is 33.4 Å². The molecule has 0 spiro atoms. The molecule has 0 aliphatic carbocycles. The molecule has 4 amide bonds. The summed E-state index contributed by atoms with van der Waals surface area (Å²) in [5, 5.41) is 5.43. The number of H-pyrrole nitrogens is 2. The first-order valence-corrected chi connectivity index (χ1v) is 21.2. The lowest BCUT2D eigenvalue weighted by Gasteiger charge is -2.42. The van der Waals surface area contributed by atoms with Gasteiger partial charge in [0, 0.05) is 48.9 Å². The molecule has 60 heavy (non-hydrogen) atoms. The van der Waals surface area contributed by atoms with Crippen molar-refractivity contribution in [3.05, 3.63) is 72.0 Å². The molecular weight excluding hydrogens is 767 g/mol. The number of amides is 4. The Morgan fingerprint density at radius 1 is 0.817 bits per heavy atom. The van der Waals surface area contributed by atoms with E-state index in [4.69, 9.17) is 24.2 Å². The second kappa shape index (κ2) is 18.2. The van der Waals surface area contributed by atoms with Crippen molar-refractivity contribution in [2.75, 3.05) is 38.8 Å². The molecule has 4 aliphatic rings. The second-order valence-corrected chi connectivity index (χ2v) is 16.8. The summed E-state index contributed by atoms with van der Waals surface area (Å²) >= 11 is 0. The van der Waals surface area contributed by atoms with Gasteiger partial charge in [0.25, 0.3) is 0 Å². The molecule has 3 saturated heterocycles. The molecule has 322 valence electrons. The lowest BCUT2D eigenvalue weighted by atomic mass is 9.80. The number of benzene rings is 1. The van der Waals surface area contributed by atoms with E-state index in [1.54, 1.807) is 6.20 Å². The quantitative estimate of drug-likeness (QED) is 0.143. The number of carbonyl (C=O) groups is 4. The van der Waals surface area contributed by atoms with Crippen molar-refractivity contribution in [3.8, 4) is 17.0 Å². The zero-order valence-electron chi connectivity index (χ0n) is 35.7. The molecule has 3 fully saturated rings. The highest BCUT2D eigenvalue weighted by Crippen LogP contribution is 2.47. The van der Waals surface area contributed by atoms with Gasteiger partial charge in [-0.05, 0) is 69.4 Å². The van der Waals surface area contributed by atoms with Crippen LogP contribution in [0, 0.1) is 17.8 Å². The Bertz CT molecular complexity index is 2110. The third kappa shape index (κ3) is 8.46. The van der Waals surface area contributed by atoms with Gasteiger partial charge >= 0.3 is 12.2 Å². The van der Waals surface area contributed by atoms with Crippen LogP contribution in [0.15, 0.2) is 54.7 Å². The average molecular weight is 826 g/mol. The van der Waals surface area contributed by atoms with Gasteiger partial charge in [0.15, 0.2) is 5.75 Å². The number of piperidine rings is 1. The molecule has 0 bridgehead atoms. The van der Waals surface area contributed by atoms with Crippen molar-refractivity contribution >= 4 is 29.7 Å². The van der Waals surface area contributed by atoms with Crippen LogP contribution < -0.4 is 20.3 Å². The smallest absolute Gasteiger partial charge is 0.407 e. The monoisotopic (exact) mass is 825 g/mol. The minimum atomic E-state index is -0.704. The number of nitrogens with zero attached hydrogens (tertiary/aromatic N) is 5. The number of allylic oxidation sites excluding steroid dienone is 3. The van der Waals surface area contributed by atoms with E-state index in [0.717, 1.165) is 85.0 Å². The number of fused-ring (bicyclic) bond motifs is 3. The first-order chi connectivity index (χ1) is 28.9. The largest absolute Gasteiger partial charge is 0.461 e. The van der Waals surface area contributed by atoms with Crippen LogP contribution in [-0.4, -0.2) is 99.7 Å². The van der Waals surface area contributed by atoms with E-state index < -0.39 is 24.3 Å². The normalized spacial score (nSPS) is 21.6. The fourth-order valence-corrected chi connectivity index (χ4v) is 9.23. The predicted molar refractivity (Wildman–Crippen MR) is 225 cm³/mol. The van der Waals surface area contributed by atoms with E-state index in [-0.39, 0.29) is 47.6 Å². The molecule has 16 nitrogen and oxygen atoms in total. The lowest BCUT2D eigenvalue weighted by molar-refractivity contribution is -0.136. The molecule has 6 atom stereocenters. The third-order valence-electron chi connectivity index (χ3n) is 12.3. The van der Waals surface area contributed by atoms with Crippen molar-refractivity contribution in [1.82, 2.24) is 40.4 Å². The van der Waals surface area contributed by atoms with Crippen LogP contribution in [0.4, 0.5) is 15.3 Å². The van der Waals surface area contributed by atoms with E-state index in [2.05, 4.69) is 49.8 Å². The maximum atomic E-state index is 13.8. The zero-order valence-corrected chi connectivity index (χ0v) is 35.7. The van der Waals surface area contributed by atoms with Crippen LogP contribution in [0.3, 0.4) is 0 Å². The number of likely N-dealkylation sites (tertiary alicyclic amines) is 2. The van der Waals surface area contributed by atoms with Gasteiger partial charge < -0.3 is 49.5 Å². The molecule has 0 radical (unpaired) electrons. The number of aromatic amines is 2. The van der Waals surface area contributed by atoms with Gasteiger partial charge in [-0.2, -0.15) is 0 Å². The first kappa shape index (κ1) is 42.3. The van der Waals surface area contributed by atoms with Crippen LogP contribution in [0.1, 0.15) is 108 Å². The maximum Gasteiger partial charge on any atom is 0.407 e. The molecule has 3 aromatic rings. The summed E-state index contributed by atoms with van der Waals surface area (Å²) in [5.41, 5.74) is 4.80. The van der Waals surface area contributed by atoms with Crippen molar-refractivity contribution in [2.24, 2.45) is 17.8 Å². The molecule has 2 aromatic heterocycles. The highest BCUT2D eigenvalue weighted by atomic mass is 16.5. The molecule has 1 aromatic carbocycles. The number of methoxy groups -OCH3 is 2. The fourth-order valence-electron chi connectivity index (χ4n) is 9.23. The Morgan fingerprint density at radius 2 is 1.40 bits per heavy atom. The molecule has 4 N–H and O–H groups in total. The molecule has 6 unspecified atom stereocenters. The van der Waals surface area contributed by atoms with E-state index in [0.29, 0.717) is 18.9 Å². The topological polar surface area (TPSA) is 187 Å². The van der Waals surface area contributed by atoms with Crippen LogP contribution in [0.5, 0.6) is 5.75 Å². The highest BCUT2D eigenvalue weighted by molar-refractivity contribution is 5.87. The van der Waals surface area contributed by atoms with Gasteiger partial charge in [0.1, 0.15) is 30.0 Å². The summed E-state index contributed by atoms with van der Waals surface area (Å²) in [6.07, 6.45) is 13.8. The van der Waals surface area contributed by atoms with Gasteiger partial charge in [-0.25, -0.2) is 19.6 Å². The molecule has 0 saturated carbocycles. The summed E-state index contributed by atoms with van der Waals surface area (Å²) < 4.78 is 16.0. The number of imidazole rings is 2. The number of anilines is 1. The number of ether oxygens (including phenoxy) is 3. The van der Waals surface area contributed by atoms with E-state index in [9.17, 15) is 19.2 Å². The van der Waals surface area contributed by atoms with Gasteiger partial charge in [0.2, 0.25) is 11.8 Å². The molecule has 7 rings (SSSR count). The van der Waals surface area contributed by atoms with Gasteiger partial charge in [-0.1, -0.05) is 45.9 Å². The highest BCUT2D eigenvalue weighted by Gasteiger charge is 2.41. The number of alkyl carbamates (subject to hydrolysis) is 2. The summed E-state index contributed by atoms with van der Waals surface area (Å²) in [7, 11) is 2.59. The SMILES string of the molecule is CC=CC(c1cnc(C2CCCN2C(=O)C(NC(=O)OC)C(C)C)[nH]1)C1CCCN2C1=COc1cc(-c3cnc(C4CCCN4C(=O)C(NC(=O)OC)C(C)C)[nH]3)ccc12. The molecule has 16 heteroatoms. The van der Waals surface area contributed by atoms with Gasteiger partial charge in [-0.3, -0.25) is 9.59 Å². The van der Waals surface area contributed by atoms with Crippen LogP contribution in [0.25, 0.3) is 11.3 Å². The first-order valence-electron chi connectivity index (χ1n) is 21.2. The summed E-state index contributed by atoms with van der Waals surface area (Å²) in [5.74, 6) is 1.77. The number of rotatable bonds is 12. The number of carbonyl (C=O) groups excluding carboxylic acids is 4. The zero-order chi connectivity index (χ0) is 42.7. The predicted octanol–water partition coefficient (Wildman–Crippen LogP) is 6.70. The maximum absolute atomic E-state index is 13.8. The minimum absolute atomic E-state index is 0.0119. The third-order valence-corrected chi connectivity index (χ3v) is 12.3. The van der Waals surface area contributed by atoms with Crippen LogP contribution >= 0.6 is 0 Å². The van der Waals surface area contributed by atoms with E-state index in [1.165, 1.54) is 14.2 Å². The molecular formula is C44H59N9O7. The van der Waals surface area contributed by atoms with Crippen molar-refractivity contribution in [1.29, 1.82) is 0 Å². The Labute approximate surface area is 351 Å². The number of nitrogens with one attached hydrogen (secondary N) is 4. The standard InChI is InChI=1S/C44H59N9O7/c1-8-12-28(31-23-46-40(48-31)34-15-11-20-53(34)42(55)38(26(4)5)50-44(57)59-7)29-13-9-18-51-32-17-16-27(21-36(32)60-24-35(29)51)30-22-45-39(47-30)33-14-10-19-52(33)41(54)37(25(2)3)49-43(56)58-6/h8,12,16-17,21-26,28-29,33-34,37-38H,9-11,13-15,18-20H2,1-7H3,(H,45,47)(H,46,48)(H,49,56)(H,50,57). The van der Waals surface area contributed by atoms with E-state index in [1.807, 2.05) is 62.9 Å². The summed E-state index contributed by atoms with van der Waals surface area (Å²) in [4.78, 5) is 74.3. The van der Waals surface area contributed by atoms with Crippen LogP contribution in [-0.2, 0) is 19.1 Å². The Balaban J connectivity index is 1.07. The average Bonchev–Trinajstić information content (AvgIpc) is 4.09. The minimum Gasteiger partial charge on any atom is -0.461 e.